The number of nitrogens with one attached hydrogen (secondary N) is 1. The number of unbranched alkanes of at least 4 members (excludes halogenated alkanes) is 4. The Labute approximate surface area is 160 Å². The maximum atomic E-state index is 12.3. The molecule has 8 nitrogen and oxygen atoms in total. The Morgan fingerprint density at radius 1 is 1.07 bits per heavy atom. The van der Waals surface area contributed by atoms with Crippen molar-refractivity contribution in [3.63, 3.8) is 0 Å². The topological polar surface area (TPSA) is 114 Å². The molecule has 27 heavy (non-hydrogen) atoms. The van der Waals surface area contributed by atoms with Crippen molar-refractivity contribution in [2.75, 3.05) is 20.8 Å². The molecule has 0 aromatic heterocycles. The molecule has 0 aliphatic rings. The quantitative estimate of drug-likeness (QED) is 0.342. The van der Waals surface area contributed by atoms with E-state index in [2.05, 4.69) is 16.8 Å². The zero-order chi connectivity index (χ0) is 20.3. The molecular formula is C18H30NO7P. The number of methoxy groups -OCH3 is 2. The van der Waals surface area contributed by atoms with E-state index < -0.39 is 13.9 Å². The number of hydrogen-bond acceptors (Lipinski definition) is 5. The number of ether oxygens (including phenoxy) is 2. The van der Waals surface area contributed by atoms with Crippen molar-refractivity contribution in [1.82, 2.24) is 5.32 Å². The Kier molecular flexibility index (Phi) is 10.4. The fourth-order valence-electron chi connectivity index (χ4n) is 2.58. The van der Waals surface area contributed by atoms with Crippen LogP contribution in [-0.4, -0.2) is 36.5 Å². The van der Waals surface area contributed by atoms with Crippen molar-refractivity contribution in [1.29, 1.82) is 0 Å². The van der Waals surface area contributed by atoms with Crippen molar-refractivity contribution in [3.8, 4) is 11.5 Å². The van der Waals surface area contributed by atoms with Crippen LogP contribution in [0.5, 0.6) is 11.5 Å². The molecule has 1 rings (SSSR count). The van der Waals surface area contributed by atoms with Gasteiger partial charge in [-0.05, 0) is 24.1 Å². The van der Waals surface area contributed by atoms with E-state index in [1.807, 2.05) is 0 Å². The number of amides is 1. The molecule has 0 aliphatic carbocycles. The number of rotatable bonds is 13. The molecule has 1 aromatic carbocycles. The first-order valence-electron chi connectivity index (χ1n) is 9.01. The van der Waals surface area contributed by atoms with Gasteiger partial charge in [-0.25, -0.2) is 4.57 Å². The fraction of sp³-hybridized carbons (Fsp3) is 0.611. The summed E-state index contributed by atoms with van der Waals surface area (Å²) in [6.45, 7) is 1.75. The van der Waals surface area contributed by atoms with E-state index in [1.165, 1.54) is 14.2 Å². The second-order valence-electron chi connectivity index (χ2n) is 6.22. The molecule has 0 saturated heterocycles. The second-order valence-corrected chi connectivity index (χ2v) is 7.46. The summed E-state index contributed by atoms with van der Waals surface area (Å²) in [4.78, 5) is 30.3. The maximum absolute atomic E-state index is 12.3. The van der Waals surface area contributed by atoms with Gasteiger partial charge in [-0.15, -0.1) is 0 Å². The number of benzene rings is 1. The molecule has 1 atom stereocenters. The third kappa shape index (κ3) is 9.77. The summed E-state index contributed by atoms with van der Waals surface area (Å²) in [5.74, 6) is 0.797. The Morgan fingerprint density at radius 2 is 1.67 bits per heavy atom. The molecule has 1 amide bonds. The standard InChI is InChI=1S/C18H30NO7P/c1-4-5-6-7-8-9-18(20)19-17(13-26-27(21,22)23)14-10-15(24-2)12-16(11-14)25-3/h10-12,17H,4-9,13H2,1-3H3,(H,19,20)(H2,21,22,23). The molecule has 0 saturated carbocycles. The summed E-state index contributed by atoms with van der Waals surface area (Å²) in [5.41, 5.74) is 0.569. The highest BCUT2D eigenvalue weighted by Crippen LogP contribution is 2.37. The highest BCUT2D eigenvalue weighted by Gasteiger charge is 2.22. The Hall–Kier alpha value is -1.60. The number of phosphoric acid groups is 1. The molecule has 1 aromatic rings. The third-order valence-electron chi connectivity index (χ3n) is 4.03. The minimum Gasteiger partial charge on any atom is -0.497 e. The van der Waals surface area contributed by atoms with Crippen LogP contribution in [0.3, 0.4) is 0 Å². The van der Waals surface area contributed by atoms with E-state index in [4.69, 9.17) is 19.3 Å². The lowest BCUT2D eigenvalue weighted by Gasteiger charge is -2.21. The molecule has 0 bridgehead atoms. The molecule has 9 heteroatoms. The average Bonchev–Trinajstić information content (AvgIpc) is 2.63. The number of hydrogen-bond donors (Lipinski definition) is 3. The molecule has 1 unspecified atom stereocenters. The largest absolute Gasteiger partial charge is 0.497 e. The minimum absolute atomic E-state index is 0.201. The first-order chi connectivity index (χ1) is 12.8. The van der Waals surface area contributed by atoms with E-state index >= 15 is 0 Å². The average molecular weight is 403 g/mol. The molecule has 0 radical (unpaired) electrons. The summed E-state index contributed by atoms with van der Waals surface area (Å²) in [7, 11) is -1.68. The van der Waals surface area contributed by atoms with Crippen molar-refractivity contribution in [3.05, 3.63) is 23.8 Å². The maximum Gasteiger partial charge on any atom is 0.469 e. The van der Waals surface area contributed by atoms with Crippen LogP contribution in [0.1, 0.15) is 57.1 Å². The van der Waals surface area contributed by atoms with E-state index in [1.54, 1.807) is 18.2 Å². The lowest BCUT2D eigenvalue weighted by molar-refractivity contribution is -0.122. The summed E-state index contributed by atoms with van der Waals surface area (Å²) in [6, 6.07) is 4.25. The highest BCUT2D eigenvalue weighted by molar-refractivity contribution is 7.46. The molecule has 0 fully saturated rings. The fourth-order valence-corrected chi connectivity index (χ4v) is 2.92. The number of phosphoric ester groups is 1. The van der Waals surface area contributed by atoms with Crippen LogP contribution in [0, 0.1) is 0 Å². The van der Waals surface area contributed by atoms with Gasteiger partial charge in [0.2, 0.25) is 5.91 Å². The lowest BCUT2D eigenvalue weighted by atomic mass is 10.1. The molecule has 154 valence electrons. The highest BCUT2D eigenvalue weighted by atomic mass is 31.2. The molecule has 3 N–H and O–H groups in total. The predicted octanol–water partition coefficient (Wildman–Crippen LogP) is 3.33. The Bertz CT molecular complexity index is 610. The van der Waals surface area contributed by atoms with Crippen molar-refractivity contribution >= 4 is 13.7 Å². The number of carbonyl (C=O) groups excluding carboxylic acids is 1. The van der Waals surface area contributed by atoms with Gasteiger partial charge >= 0.3 is 7.82 Å². The monoisotopic (exact) mass is 403 g/mol. The van der Waals surface area contributed by atoms with Gasteiger partial charge < -0.3 is 24.6 Å². The van der Waals surface area contributed by atoms with Crippen LogP contribution >= 0.6 is 7.82 Å². The van der Waals surface area contributed by atoms with E-state index in [0.29, 0.717) is 23.5 Å². The Morgan fingerprint density at radius 3 is 2.19 bits per heavy atom. The van der Waals surface area contributed by atoms with Gasteiger partial charge in [0.25, 0.3) is 0 Å². The second kappa shape index (κ2) is 12.0. The van der Waals surface area contributed by atoms with Gasteiger partial charge in [-0.3, -0.25) is 9.32 Å². The zero-order valence-electron chi connectivity index (χ0n) is 16.1. The Balaban J connectivity index is 2.84. The summed E-state index contributed by atoms with van der Waals surface area (Å²) >= 11 is 0. The minimum atomic E-state index is -4.67. The van der Waals surface area contributed by atoms with Gasteiger partial charge in [0, 0.05) is 12.5 Å². The van der Waals surface area contributed by atoms with E-state index in [-0.39, 0.29) is 12.5 Å². The summed E-state index contributed by atoms with van der Waals surface area (Å²) in [6.07, 6.45) is 5.44. The summed E-state index contributed by atoms with van der Waals surface area (Å²) in [5, 5.41) is 2.78. The van der Waals surface area contributed by atoms with Gasteiger partial charge in [0.15, 0.2) is 0 Å². The van der Waals surface area contributed by atoms with Crippen LogP contribution < -0.4 is 14.8 Å². The van der Waals surface area contributed by atoms with Crippen LogP contribution in [0.2, 0.25) is 0 Å². The lowest BCUT2D eigenvalue weighted by Crippen LogP contribution is -2.31. The van der Waals surface area contributed by atoms with E-state index in [9.17, 15) is 9.36 Å². The zero-order valence-corrected chi connectivity index (χ0v) is 17.0. The van der Waals surface area contributed by atoms with Crippen molar-refractivity contribution in [2.45, 2.75) is 51.5 Å². The summed E-state index contributed by atoms with van der Waals surface area (Å²) < 4.78 is 26.1. The normalized spacial score (nSPS) is 12.5. The van der Waals surface area contributed by atoms with Crippen LogP contribution in [0.4, 0.5) is 0 Å². The molecule has 0 spiro atoms. The van der Waals surface area contributed by atoms with Crippen LogP contribution in [0.25, 0.3) is 0 Å². The third-order valence-corrected chi connectivity index (χ3v) is 4.51. The molecule has 0 aliphatic heterocycles. The van der Waals surface area contributed by atoms with Gasteiger partial charge in [0.1, 0.15) is 11.5 Å². The number of carbonyl (C=O) groups is 1. The van der Waals surface area contributed by atoms with E-state index in [0.717, 1.165) is 32.1 Å². The van der Waals surface area contributed by atoms with Crippen molar-refractivity contribution in [2.24, 2.45) is 0 Å². The first-order valence-corrected chi connectivity index (χ1v) is 10.5. The van der Waals surface area contributed by atoms with Crippen LogP contribution in [0.15, 0.2) is 18.2 Å². The predicted molar refractivity (Wildman–Crippen MR) is 102 cm³/mol. The van der Waals surface area contributed by atoms with Gasteiger partial charge in [-0.1, -0.05) is 32.6 Å². The molecular weight excluding hydrogens is 373 g/mol. The van der Waals surface area contributed by atoms with Gasteiger partial charge in [0.05, 0.1) is 26.9 Å². The van der Waals surface area contributed by atoms with Crippen molar-refractivity contribution < 1.29 is 33.1 Å². The van der Waals surface area contributed by atoms with Crippen LogP contribution in [-0.2, 0) is 13.9 Å². The SMILES string of the molecule is CCCCCCCC(=O)NC(COP(=O)(O)O)c1cc(OC)cc(OC)c1. The van der Waals surface area contributed by atoms with Gasteiger partial charge in [-0.2, -0.15) is 0 Å². The molecule has 0 heterocycles. The first kappa shape index (κ1) is 23.4. The smallest absolute Gasteiger partial charge is 0.469 e.